The van der Waals surface area contributed by atoms with Crippen molar-refractivity contribution >= 4 is 23.4 Å². The number of rotatable bonds is 9. The number of carbonyl (C=O) groups excluding carboxylic acids is 2. The predicted molar refractivity (Wildman–Crippen MR) is 151 cm³/mol. The van der Waals surface area contributed by atoms with Gasteiger partial charge in [0.1, 0.15) is 18.1 Å². The average molecular weight is 512 g/mol. The van der Waals surface area contributed by atoms with E-state index < -0.39 is 0 Å². The molecule has 3 aromatic carbocycles. The third kappa shape index (κ3) is 6.79. The molecule has 0 aliphatic heterocycles. The van der Waals surface area contributed by atoms with Gasteiger partial charge in [0.15, 0.2) is 0 Å². The normalized spacial score (nSPS) is 10.8. The molecule has 0 aliphatic rings. The van der Waals surface area contributed by atoms with Crippen molar-refractivity contribution in [2.45, 2.75) is 20.8 Å². The molecule has 8 heteroatoms. The van der Waals surface area contributed by atoms with Crippen molar-refractivity contribution in [2.24, 2.45) is 5.92 Å². The zero-order valence-electron chi connectivity index (χ0n) is 22.1. The fourth-order valence-electron chi connectivity index (χ4n) is 4.08. The van der Waals surface area contributed by atoms with Crippen molar-refractivity contribution in [3.63, 3.8) is 0 Å². The van der Waals surface area contributed by atoms with Crippen LogP contribution in [0.1, 0.15) is 19.4 Å². The van der Waals surface area contributed by atoms with Gasteiger partial charge < -0.3 is 20.3 Å². The molecule has 0 saturated heterocycles. The molecule has 38 heavy (non-hydrogen) atoms. The number of ether oxygens (including phenoxy) is 1. The van der Waals surface area contributed by atoms with Gasteiger partial charge in [0.05, 0.1) is 18.5 Å². The van der Waals surface area contributed by atoms with Gasteiger partial charge >= 0.3 is 6.03 Å². The molecule has 0 saturated carbocycles. The molecule has 8 nitrogen and oxygen atoms in total. The van der Waals surface area contributed by atoms with Crippen molar-refractivity contribution in [2.75, 3.05) is 30.8 Å². The lowest BCUT2D eigenvalue weighted by atomic mass is 10.1. The lowest BCUT2D eigenvalue weighted by molar-refractivity contribution is -0.116. The van der Waals surface area contributed by atoms with Gasteiger partial charge in [-0.3, -0.25) is 4.79 Å². The van der Waals surface area contributed by atoms with Crippen molar-refractivity contribution in [1.82, 2.24) is 14.7 Å². The molecule has 2 N–H and O–H groups in total. The van der Waals surface area contributed by atoms with Gasteiger partial charge in [0.2, 0.25) is 5.91 Å². The molecule has 0 unspecified atom stereocenters. The summed E-state index contributed by atoms with van der Waals surface area (Å²) in [5.74, 6) is 1.08. The summed E-state index contributed by atoms with van der Waals surface area (Å²) < 4.78 is 6.96. The van der Waals surface area contributed by atoms with E-state index in [0.29, 0.717) is 23.7 Å². The Morgan fingerprint density at radius 2 is 1.68 bits per heavy atom. The highest BCUT2D eigenvalue weighted by Gasteiger charge is 2.21. The number of aryl methyl sites for hydroxylation is 1. The first-order valence-corrected chi connectivity index (χ1v) is 12.5. The van der Waals surface area contributed by atoms with E-state index in [0.717, 1.165) is 22.6 Å². The number of urea groups is 1. The molecule has 3 amide bonds. The number of benzene rings is 3. The highest BCUT2D eigenvalue weighted by atomic mass is 16.5. The van der Waals surface area contributed by atoms with E-state index in [4.69, 9.17) is 9.84 Å². The molecule has 0 radical (unpaired) electrons. The summed E-state index contributed by atoms with van der Waals surface area (Å²) in [4.78, 5) is 27.9. The minimum Gasteiger partial charge on any atom is -0.497 e. The fourth-order valence-corrected chi connectivity index (χ4v) is 4.08. The second-order valence-corrected chi connectivity index (χ2v) is 9.51. The van der Waals surface area contributed by atoms with Crippen LogP contribution in [0.25, 0.3) is 16.9 Å². The highest BCUT2D eigenvalue weighted by Crippen LogP contribution is 2.26. The van der Waals surface area contributed by atoms with Crippen LogP contribution in [0, 0.1) is 12.8 Å². The number of nitrogens with zero attached hydrogens (tertiary/aromatic N) is 3. The Balaban J connectivity index is 1.57. The van der Waals surface area contributed by atoms with Crippen LogP contribution in [0.3, 0.4) is 0 Å². The highest BCUT2D eigenvalue weighted by molar-refractivity contribution is 5.97. The Kier molecular flexibility index (Phi) is 8.43. The smallest absolute Gasteiger partial charge is 0.322 e. The number of aromatic nitrogens is 2. The largest absolute Gasteiger partial charge is 0.497 e. The number of hydrogen-bond acceptors (Lipinski definition) is 4. The van der Waals surface area contributed by atoms with Crippen molar-refractivity contribution in [1.29, 1.82) is 0 Å². The third-order valence-corrected chi connectivity index (χ3v) is 5.84. The van der Waals surface area contributed by atoms with E-state index in [1.54, 1.807) is 11.8 Å². The summed E-state index contributed by atoms with van der Waals surface area (Å²) in [6.45, 7) is 6.30. The van der Waals surface area contributed by atoms with Gasteiger partial charge in [0, 0.05) is 23.9 Å². The molecule has 0 bridgehead atoms. The van der Waals surface area contributed by atoms with Crippen LogP contribution in [0.4, 0.5) is 16.3 Å². The van der Waals surface area contributed by atoms with E-state index in [1.165, 1.54) is 4.90 Å². The summed E-state index contributed by atoms with van der Waals surface area (Å²) in [7, 11) is 1.61. The van der Waals surface area contributed by atoms with Gasteiger partial charge in [-0.2, -0.15) is 5.10 Å². The Morgan fingerprint density at radius 1 is 0.947 bits per heavy atom. The second-order valence-electron chi connectivity index (χ2n) is 9.51. The molecule has 0 aliphatic carbocycles. The van der Waals surface area contributed by atoms with Crippen molar-refractivity contribution in [3.05, 3.63) is 90.5 Å². The van der Waals surface area contributed by atoms with E-state index in [9.17, 15) is 9.59 Å². The first-order valence-electron chi connectivity index (χ1n) is 12.5. The predicted octanol–water partition coefficient (Wildman–Crippen LogP) is 5.98. The van der Waals surface area contributed by atoms with E-state index in [2.05, 4.69) is 10.6 Å². The molecule has 4 aromatic rings. The third-order valence-electron chi connectivity index (χ3n) is 5.84. The van der Waals surface area contributed by atoms with Crippen molar-refractivity contribution in [3.8, 4) is 22.7 Å². The van der Waals surface area contributed by atoms with E-state index >= 15 is 0 Å². The van der Waals surface area contributed by atoms with E-state index in [-0.39, 0.29) is 24.4 Å². The van der Waals surface area contributed by atoms with Crippen LogP contribution in [0.2, 0.25) is 0 Å². The van der Waals surface area contributed by atoms with Gasteiger partial charge in [-0.25, -0.2) is 9.48 Å². The number of hydrogen-bond donors (Lipinski definition) is 2. The molecular formula is C30H33N5O3. The molecule has 1 aromatic heterocycles. The van der Waals surface area contributed by atoms with Crippen LogP contribution in [0.15, 0.2) is 84.9 Å². The lowest BCUT2D eigenvalue weighted by Crippen LogP contribution is -2.42. The Hall–Kier alpha value is -4.59. The van der Waals surface area contributed by atoms with Crippen LogP contribution < -0.4 is 15.4 Å². The first kappa shape index (κ1) is 26.5. The maximum atomic E-state index is 13.3. The SMILES string of the molecule is COc1ccc(-n2nc(-c3ccccc3)cc2NC(=O)CN(CC(C)C)C(=O)Nc2cccc(C)c2)cc1. The monoisotopic (exact) mass is 511 g/mol. The summed E-state index contributed by atoms with van der Waals surface area (Å²) >= 11 is 0. The number of anilines is 2. The Morgan fingerprint density at radius 3 is 2.34 bits per heavy atom. The summed E-state index contributed by atoms with van der Waals surface area (Å²) in [6.07, 6.45) is 0. The summed E-state index contributed by atoms with van der Waals surface area (Å²) in [5, 5.41) is 10.6. The summed E-state index contributed by atoms with van der Waals surface area (Å²) in [6, 6.07) is 26.2. The summed E-state index contributed by atoms with van der Waals surface area (Å²) in [5.41, 5.74) is 4.13. The Labute approximate surface area is 223 Å². The number of amides is 3. The standard InChI is InChI=1S/C30H33N5O3/c1-21(2)19-34(30(37)31-24-12-8-9-22(3)17-24)20-29(36)32-28-18-27(23-10-6-5-7-11-23)33-35(28)25-13-15-26(38-4)16-14-25/h5-18,21H,19-20H2,1-4H3,(H,31,37)(H,32,36). The quantitative estimate of drug-likeness (QED) is 0.289. The van der Waals surface area contributed by atoms with Gasteiger partial charge in [-0.15, -0.1) is 0 Å². The minimum atomic E-state index is -0.326. The maximum Gasteiger partial charge on any atom is 0.322 e. The maximum absolute atomic E-state index is 13.3. The zero-order chi connectivity index (χ0) is 27.1. The number of nitrogens with one attached hydrogen (secondary N) is 2. The molecule has 0 fully saturated rings. The molecule has 1 heterocycles. The van der Waals surface area contributed by atoms with Gasteiger partial charge in [0.25, 0.3) is 0 Å². The van der Waals surface area contributed by atoms with Gasteiger partial charge in [-0.05, 0) is 54.8 Å². The average Bonchev–Trinajstić information content (AvgIpc) is 3.32. The van der Waals surface area contributed by atoms with Crippen LogP contribution in [0.5, 0.6) is 5.75 Å². The lowest BCUT2D eigenvalue weighted by Gasteiger charge is -2.24. The molecule has 4 rings (SSSR count). The number of carbonyl (C=O) groups is 2. The molecule has 0 spiro atoms. The van der Waals surface area contributed by atoms with Gasteiger partial charge in [-0.1, -0.05) is 56.3 Å². The molecular weight excluding hydrogens is 478 g/mol. The Bertz CT molecular complexity index is 1380. The minimum absolute atomic E-state index is 0.107. The fraction of sp³-hybridized carbons (Fsp3) is 0.233. The topological polar surface area (TPSA) is 88.5 Å². The van der Waals surface area contributed by atoms with E-state index in [1.807, 2.05) is 106 Å². The van der Waals surface area contributed by atoms with Crippen molar-refractivity contribution < 1.29 is 14.3 Å². The second kappa shape index (κ2) is 12.1. The molecule has 0 atom stereocenters. The van der Waals surface area contributed by atoms with Crippen LogP contribution in [-0.2, 0) is 4.79 Å². The molecule has 196 valence electrons. The zero-order valence-corrected chi connectivity index (χ0v) is 22.1. The van der Waals surface area contributed by atoms with Crippen LogP contribution >= 0.6 is 0 Å². The first-order chi connectivity index (χ1) is 18.3. The van der Waals surface area contributed by atoms with Crippen LogP contribution in [-0.4, -0.2) is 46.8 Å². The number of methoxy groups -OCH3 is 1.